The van der Waals surface area contributed by atoms with E-state index in [-0.39, 0.29) is 30.5 Å². The lowest BCUT2D eigenvalue weighted by molar-refractivity contribution is -0.163. The van der Waals surface area contributed by atoms with Gasteiger partial charge in [0.1, 0.15) is 18.0 Å². The third-order valence-electron chi connectivity index (χ3n) is 6.33. The van der Waals surface area contributed by atoms with Gasteiger partial charge in [0.05, 0.1) is 12.5 Å². The molecule has 3 N–H and O–H groups in total. The van der Waals surface area contributed by atoms with Crippen molar-refractivity contribution in [2.24, 2.45) is 0 Å². The monoisotopic (exact) mass is 481 g/mol. The SMILES string of the molecule is O=C[C@H](CC(=O)O)NC(=O)[C@@H]1CCCN2C(=O)CC[C@H](NC(=O)c3nccc4ccccc34)CN12. The minimum atomic E-state index is -1.21. The number of nitrogens with one attached hydrogen (secondary N) is 2. The number of rotatable bonds is 7. The fourth-order valence-electron chi connectivity index (χ4n) is 4.66. The second kappa shape index (κ2) is 10.6. The number of amides is 3. The van der Waals surface area contributed by atoms with E-state index in [9.17, 15) is 24.0 Å². The van der Waals surface area contributed by atoms with Crippen LogP contribution in [-0.4, -0.2) is 81.3 Å². The number of carboxylic acids is 1. The minimum Gasteiger partial charge on any atom is -0.481 e. The number of aromatic nitrogens is 1. The maximum absolute atomic E-state index is 13.1. The van der Waals surface area contributed by atoms with Crippen molar-refractivity contribution in [1.29, 1.82) is 0 Å². The Morgan fingerprint density at radius 2 is 2.00 bits per heavy atom. The highest BCUT2D eigenvalue weighted by Gasteiger charge is 2.40. The van der Waals surface area contributed by atoms with E-state index < -0.39 is 36.4 Å². The van der Waals surface area contributed by atoms with Gasteiger partial charge in [0.2, 0.25) is 11.8 Å². The van der Waals surface area contributed by atoms with E-state index in [0.29, 0.717) is 37.5 Å². The molecule has 1 aromatic heterocycles. The zero-order chi connectivity index (χ0) is 24.9. The van der Waals surface area contributed by atoms with Gasteiger partial charge < -0.3 is 20.5 Å². The van der Waals surface area contributed by atoms with Crippen LogP contribution >= 0.6 is 0 Å². The molecule has 35 heavy (non-hydrogen) atoms. The summed E-state index contributed by atoms with van der Waals surface area (Å²) in [5, 5.41) is 19.2. The molecule has 2 aliphatic rings. The Balaban J connectivity index is 1.51. The van der Waals surface area contributed by atoms with E-state index in [2.05, 4.69) is 15.6 Å². The van der Waals surface area contributed by atoms with E-state index in [1.54, 1.807) is 11.2 Å². The van der Waals surface area contributed by atoms with Crippen molar-refractivity contribution >= 4 is 40.7 Å². The Labute approximate surface area is 201 Å². The van der Waals surface area contributed by atoms with Crippen molar-refractivity contribution in [3.05, 3.63) is 42.2 Å². The molecule has 0 unspecified atom stereocenters. The van der Waals surface area contributed by atoms with Crippen molar-refractivity contribution in [1.82, 2.24) is 25.6 Å². The van der Waals surface area contributed by atoms with Gasteiger partial charge in [-0.3, -0.25) is 29.2 Å². The smallest absolute Gasteiger partial charge is 0.305 e. The summed E-state index contributed by atoms with van der Waals surface area (Å²) in [6, 6.07) is 6.89. The van der Waals surface area contributed by atoms with Gasteiger partial charge in [-0.25, -0.2) is 5.01 Å². The van der Waals surface area contributed by atoms with Crippen LogP contribution in [-0.2, 0) is 19.2 Å². The number of hydrogen-bond donors (Lipinski definition) is 3. The lowest BCUT2D eigenvalue weighted by Gasteiger charge is -2.43. The molecule has 2 aromatic rings. The molecule has 2 aliphatic heterocycles. The summed E-state index contributed by atoms with van der Waals surface area (Å²) >= 11 is 0. The molecule has 0 spiro atoms. The van der Waals surface area contributed by atoms with E-state index in [1.807, 2.05) is 30.3 Å². The van der Waals surface area contributed by atoms with Crippen LogP contribution in [0, 0.1) is 0 Å². The fourth-order valence-corrected chi connectivity index (χ4v) is 4.66. The van der Waals surface area contributed by atoms with Gasteiger partial charge in [-0.1, -0.05) is 24.3 Å². The lowest BCUT2D eigenvalue weighted by Crippen LogP contribution is -2.62. The molecule has 2 saturated heterocycles. The van der Waals surface area contributed by atoms with Gasteiger partial charge in [0.25, 0.3) is 5.91 Å². The first kappa shape index (κ1) is 24.3. The van der Waals surface area contributed by atoms with Crippen molar-refractivity contribution in [2.75, 3.05) is 13.1 Å². The molecule has 1 aromatic carbocycles. The number of nitrogens with zero attached hydrogens (tertiary/aromatic N) is 3. The second-order valence-electron chi connectivity index (χ2n) is 8.74. The number of pyridine rings is 1. The molecule has 184 valence electrons. The Hall–Kier alpha value is -3.86. The molecule has 4 rings (SSSR count). The van der Waals surface area contributed by atoms with Crippen LogP contribution in [0.4, 0.5) is 0 Å². The van der Waals surface area contributed by atoms with Crippen molar-refractivity contribution < 1.29 is 29.1 Å². The molecule has 3 atom stereocenters. The predicted molar refractivity (Wildman–Crippen MR) is 124 cm³/mol. The van der Waals surface area contributed by atoms with E-state index in [0.717, 1.165) is 5.39 Å². The summed E-state index contributed by atoms with van der Waals surface area (Å²) in [6.07, 6.45) is 3.05. The molecule has 11 heteroatoms. The highest BCUT2D eigenvalue weighted by molar-refractivity contribution is 6.05. The summed E-state index contributed by atoms with van der Waals surface area (Å²) in [5.74, 6) is -2.25. The van der Waals surface area contributed by atoms with Gasteiger partial charge in [-0.2, -0.15) is 0 Å². The maximum Gasteiger partial charge on any atom is 0.305 e. The van der Waals surface area contributed by atoms with Crippen LogP contribution in [0.3, 0.4) is 0 Å². The normalized spacial score (nSPS) is 21.5. The molecule has 11 nitrogen and oxygen atoms in total. The number of carbonyl (C=O) groups is 5. The van der Waals surface area contributed by atoms with Gasteiger partial charge in [0, 0.05) is 37.1 Å². The second-order valence-corrected chi connectivity index (χ2v) is 8.74. The third-order valence-corrected chi connectivity index (χ3v) is 6.33. The summed E-state index contributed by atoms with van der Waals surface area (Å²) in [4.78, 5) is 65.4. The van der Waals surface area contributed by atoms with E-state index in [4.69, 9.17) is 5.11 Å². The third kappa shape index (κ3) is 5.46. The van der Waals surface area contributed by atoms with Crippen LogP contribution in [0.25, 0.3) is 10.8 Å². The molecular formula is C24H27N5O6. The van der Waals surface area contributed by atoms with Crippen molar-refractivity contribution in [3.8, 4) is 0 Å². The number of aldehydes is 1. The number of aliphatic carboxylic acids is 1. The van der Waals surface area contributed by atoms with E-state index >= 15 is 0 Å². The maximum atomic E-state index is 13.1. The lowest BCUT2D eigenvalue weighted by atomic mass is 10.1. The summed E-state index contributed by atoms with van der Waals surface area (Å²) in [5.41, 5.74) is 0.283. The largest absolute Gasteiger partial charge is 0.481 e. The van der Waals surface area contributed by atoms with Crippen LogP contribution in [0.5, 0.6) is 0 Å². The predicted octanol–water partition coefficient (Wildman–Crippen LogP) is 0.493. The van der Waals surface area contributed by atoms with Crippen molar-refractivity contribution in [3.63, 3.8) is 0 Å². The number of benzene rings is 1. The Bertz CT molecular complexity index is 1150. The topological polar surface area (TPSA) is 149 Å². The Kier molecular flexibility index (Phi) is 7.35. The first-order chi connectivity index (χ1) is 16.9. The Morgan fingerprint density at radius 1 is 1.20 bits per heavy atom. The number of carbonyl (C=O) groups excluding carboxylic acids is 4. The number of hydrogen-bond acceptors (Lipinski definition) is 7. The molecule has 3 heterocycles. The van der Waals surface area contributed by atoms with Crippen LogP contribution in [0.15, 0.2) is 36.5 Å². The minimum absolute atomic E-state index is 0.153. The van der Waals surface area contributed by atoms with E-state index in [1.165, 1.54) is 5.01 Å². The standard InChI is InChI=1S/C24H27N5O6/c30-14-17(12-21(32)33)27-23(34)19-6-3-11-28-20(31)8-7-16(13-29(19)28)26-24(35)22-18-5-2-1-4-15(18)9-10-25-22/h1-2,4-5,9-10,14,16-17,19H,3,6-8,11-13H2,(H,26,35)(H,27,34)(H,32,33)/t16-,17-,19-/m0/s1. The first-order valence-corrected chi connectivity index (χ1v) is 11.6. The number of hydrazine groups is 1. The van der Waals surface area contributed by atoms with Gasteiger partial charge in [-0.05, 0) is 30.7 Å². The molecule has 0 saturated carbocycles. The molecule has 3 amide bonds. The van der Waals surface area contributed by atoms with Crippen LogP contribution < -0.4 is 10.6 Å². The zero-order valence-corrected chi connectivity index (χ0v) is 19.1. The van der Waals surface area contributed by atoms with Crippen molar-refractivity contribution in [2.45, 2.75) is 50.2 Å². The highest BCUT2D eigenvalue weighted by atomic mass is 16.4. The summed E-state index contributed by atoms with van der Waals surface area (Å²) in [7, 11) is 0. The van der Waals surface area contributed by atoms with Gasteiger partial charge in [0.15, 0.2) is 0 Å². The number of carboxylic acid groups (broad SMARTS) is 1. The van der Waals surface area contributed by atoms with Crippen LogP contribution in [0.2, 0.25) is 0 Å². The molecule has 0 radical (unpaired) electrons. The average molecular weight is 482 g/mol. The molecular weight excluding hydrogens is 454 g/mol. The average Bonchev–Trinajstić information content (AvgIpc) is 3.01. The van der Waals surface area contributed by atoms with Gasteiger partial charge in [-0.15, -0.1) is 0 Å². The summed E-state index contributed by atoms with van der Waals surface area (Å²) in [6.45, 7) is 0.658. The fraction of sp³-hybridized carbons (Fsp3) is 0.417. The molecule has 0 bridgehead atoms. The van der Waals surface area contributed by atoms with Gasteiger partial charge >= 0.3 is 5.97 Å². The van der Waals surface area contributed by atoms with Crippen LogP contribution in [0.1, 0.15) is 42.6 Å². The molecule has 0 aliphatic carbocycles. The zero-order valence-electron chi connectivity index (χ0n) is 19.1. The summed E-state index contributed by atoms with van der Waals surface area (Å²) < 4.78 is 0. The quantitative estimate of drug-likeness (QED) is 0.484. The first-order valence-electron chi connectivity index (χ1n) is 11.6. The highest BCUT2D eigenvalue weighted by Crippen LogP contribution is 2.24. The Morgan fingerprint density at radius 3 is 2.77 bits per heavy atom. The molecule has 2 fully saturated rings. The number of fused-ring (bicyclic) bond motifs is 2.